The summed E-state index contributed by atoms with van der Waals surface area (Å²) in [5, 5.41) is 0. The summed E-state index contributed by atoms with van der Waals surface area (Å²) in [5.74, 6) is 0.248. The molecule has 0 radical (unpaired) electrons. The SMILES string of the molecule is O=C1Cc2ccccc2C/C1=C\c1ccccc1. The highest BCUT2D eigenvalue weighted by molar-refractivity contribution is 6.02. The summed E-state index contributed by atoms with van der Waals surface area (Å²) in [6, 6.07) is 18.2. The van der Waals surface area contributed by atoms with Gasteiger partial charge in [0.25, 0.3) is 0 Å². The third kappa shape index (κ3) is 2.12. The quantitative estimate of drug-likeness (QED) is 0.691. The van der Waals surface area contributed by atoms with E-state index in [1.807, 2.05) is 54.6 Å². The second-order valence-electron chi connectivity index (χ2n) is 4.63. The molecule has 0 N–H and O–H groups in total. The molecule has 0 atom stereocenters. The second kappa shape index (κ2) is 4.61. The first-order chi connectivity index (χ1) is 8.83. The van der Waals surface area contributed by atoms with E-state index in [4.69, 9.17) is 0 Å². The highest BCUT2D eigenvalue weighted by Crippen LogP contribution is 2.24. The first-order valence-electron chi connectivity index (χ1n) is 6.18. The molecule has 18 heavy (non-hydrogen) atoms. The molecule has 1 aliphatic rings. The van der Waals surface area contributed by atoms with Gasteiger partial charge in [0, 0.05) is 18.4 Å². The fourth-order valence-electron chi connectivity index (χ4n) is 2.37. The Labute approximate surface area is 107 Å². The van der Waals surface area contributed by atoms with Crippen LogP contribution in [0, 0.1) is 0 Å². The fraction of sp³-hybridized carbons (Fsp3) is 0.118. The molecule has 0 heterocycles. The van der Waals surface area contributed by atoms with E-state index in [1.54, 1.807) is 0 Å². The first kappa shape index (κ1) is 11.0. The summed E-state index contributed by atoms with van der Waals surface area (Å²) in [5.41, 5.74) is 4.46. The summed E-state index contributed by atoms with van der Waals surface area (Å²) < 4.78 is 0. The van der Waals surface area contributed by atoms with E-state index in [0.29, 0.717) is 6.42 Å². The maximum absolute atomic E-state index is 12.1. The number of carbonyl (C=O) groups is 1. The number of Topliss-reactive ketones (excluding diaryl/α,β-unsaturated/α-hetero) is 1. The Morgan fingerprint density at radius 3 is 2.11 bits per heavy atom. The van der Waals surface area contributed by atoms with Gasteiger partial charge >= 0.3 is 0 Å². The van der Waals surface area contributed by atoms with Crippen LogP contribution in [0.3, 0.4) is 0 Å². The van der Waals surface area contributed by atoms with Gasteiger partial charge in [-0.25, -0.2) is 0 Å². The number of hydrogen-bond acceptors (Lipinski definition) is 1. The fourth-order valence-corrected chi connectivity index (χ4v) is 2.37. The number of allylic oxidation sites excluding steroid dienone is 1. The van der Waals surface area contributed by atoms with Crippen molar-refractivity contribution in [3.8, 4) is 0 Å². The molecule has 0 saturated heterocycles. The highest BCUT2D eigenvalue weighted by atomic mass is 16.1. The third-order valence-corrected chi connectivity index (χ3v) is 3.35. The standard InChI is InChI=1S/C17H14O/c18-17-12-15-9-5-4-8-14(15)11-16(17)10-13-6-2-1-3-7-13/h1-10H,11-12H2/b16-10+. The normalized spacial score (nSPS) is 16.7. The van der Waals surface area contributed by atoms with E-state index in [2.05, 4.69) is 6.07 Å². The predicted molar refractivity (Wildman–Crippen MR) is 73.3 cm³/mol. The van der Waals surface area contributed by atoms with E-state index in [-0.39, 0.29) is 5.78 Å². The minimum absolute atomic E-state index is 0.248. The molecule has 0 amide bonds. The second-order valence-corrected chi connectivity index (χ2v) is 4.63. The zero-order valence-corrected chi connectivity index (χ0v) is 10.1. The molecule has 0 bridgehead atoms. The van der Waals surface area contributed by atoms with Crippen LogP contribution in [0.4, 0.5) is 0 Å². The van der Waals surface area contributed by atoms with Crippen LogP contribution in [0.2, 0.25) is 0 Å². The van der Waals surface area contributed by atoms with Gasteiger partial charge in [-0.15, -0.1) is 0 Å². The lowest BCUT2D eigenvalue weighted by atomic mass is 9.86. The summed E-state index contributed by atoms with van der Waals surface area (Å²) in [6.45, 7) is 0. The molecule has 2 aromatic rings. The summed E-state index contributed by atoms with van der Waals surface area (Å²) in [7, 11) is 0. The topological polar surface area (TPSA) is 17.1 Å². The molecule has 0 spiro atoms. The summed E-state index contributed by atoms with van der Waals surface area (Å²) in [4.78, 5) is 12.1. The van der Waals surface area contributed by atoms with Gasteiger partial charge in [0.05, 0.1) is 0 Å². The number of hydrogen-bond donors (Lipinski definition) is 0. The molecule has 3 rings (SSSR count). The number of ketones is 1. The molecular formula is C17H14O. The van der Waals surface area contributed by atoms with E-state index in [0.717, 1.165) is 17.6 Å². The molecule has 0 fully saturated rings. The molecular weight excluding hydrogens is 220 g/mol. The summed E-state index contributed by atoms with van der Waals surface area (Å²) >= 11 is 0. The Morgan fingerprint density at radius 2 is 1.39 bits per heavy atom. The molecule has 88 valence electrons. The van der Waals surface area contributed by atoms with Gasteiger partial charge < -0.3 is 0 Å². The number of rotatable bonds is 1. The van der Waals surface area contributed by atoms with Gasteiger partial charge in [0.2, 0.25) is 0 Å². The molecule has 1 heteroatoms. The van der Waals surface area contributed by atoms with Gasteiger partial charge in [-0.1, -0.05) is 54.6 Å². The Balaban J connectivity index is 1.96. The third-order valence-electron chi connectivity index (χ3n) is 3.35. The molecule has 2 aromatic carbocycles. The zero-order chi connectivity index (χ0) is 12.4. The lowest BCUT2D eigenvalue weighted by Crippen LogP contribution is -2.16. The first-order valence-corrected chi connectivity index (χ1v) is 6.18. The lowest BCUT2D eigenvalue weighted by molar-refractivity contribution is -0.115. The van der Waals surface area contributed by atoms with E-state index in [9.17, 15) is 4.79 Å². The minimum atomic E-state index is 0.248. The van der Waals surface area contributed by atoms with Crippen molar-refractivity contribution < 1.29 is 4.79 Å². The zero-order valence-electron chi connectivity index (χ0n) is 10.1. The predicted octanol–water partition coefficient (Wildman–Crippen LogP) is 3.44. The van der Waals surface area contributed by atoms with Crippen molar-refractivity contribution in [2.24, 2.45) is 0 Å². The van der Waals surface area contributed by atoms with E-state index in [1.165, 1.54) is 11.1 Å². The van der Waals surface area contributed by atoms with Crippen LogP contribution >= 0.6 is 0 Å². The van der Waals surface area contributed by atoms with Gasteiger partial charge in [0.15, 0.2) is 5.78 Å². The summed E-state index contributed by atoms with van der Waals surface area (Å²) in [6.07, 6.45) is 3.30. The lowest BCUT2D eigenvalue weighted by Gasteiger charge is -2.17. The van der Waals surface area contributed by atoms with Crippen LogP contribution in [0.15, 0.2) is 60.2 Å². The van der Waals surface area contributed by atoms with Crippen LogP contribution in [-0.2, 0) is 17.6 Å². The van der Waals surface area contributed by atoms with Crippen molar-refractivity contribution in [3.63, 3.8) is 0 Å². The molecule has 0 saturated carbocycles. The molecule has 0 aliphatic heterocycles. The molecule has 0 unspecified atom stereocenters. The molecule has 0 aromatic heterocycles. The molecule has 1 nitrogen and oxygen atoms in total. The average Bonchev–Trinajstić information content (AvgIpc) is 2.41. The maximum atomic E-state index is 12.1. The van der Waals surface area contributed by atoms with Gasteiger partial charge in [-0.05, 0) is 22.8 Å². The van der Waals surface area contributed by atoms with E-state index >= 15 is 0 Å². The van der Waals surface area contributed by atoms with Gasteiger partial charge in [-0.3, -0.25) is 4.79 Å². The van der Waals surface area contributed by atoms with Gasteiger partial charge in [0.1, 0.15) is 0 Å². The van der Waals surface area contributed by atoms with E-state index < -0.39 is 0 Å². The van der Waals surface area contributed by atoms with Crippen LogP contribution in [-0.4, -0.2) is 5.78 Å². The average molecular weight is 234 g/mol. The number of benzene rings is 2. The Bertz CT molecular complexity index is 609. The van der Waals surface area contributed by atoms with Gasteiger partial charge in [-0.2, -0.15) is 0 Å². The van der Waals surface area contributed by atoms with Crippen LogP contribution in [0.25, 0.3) is 6.08 Å². The Hall–Kier alpha value is -2.15. The number of fused-ring (bicyclic) bond motifs is 1. The Kier molecular flexibility index (Phi) is 2.81. The van der Waals surface area contributed by atoms with Crippen molar-refractivity contribution >= 4 is 11.9 Å². The van der Waals surface area contributed by atoms with Crippen molar-refractivity contribution in [1.29, 1.82) is 0 Å². The van der Waals surface area contributed by atoms with Crippen molar-refractivity contribution in [2.75, 3.05) is 0 Å². The van der Waals surface area contributed by atoms with Crippen molar-refractivity contribution in [2.45, 2.75) is 12.8 Å². The highest BCUT2D eigenvalue weighted by Gasteiger charge is 2.19. The van der Waals surface area contributed by atoms with Crippen molar-refractivity contribution in [1.82, 2.24) is 0 Å². The monoisotopic (exact) mass is 234 g/mol. The molecule has 1 aliphatic carbocycles. The smallest absolute Gasteiger partial charge is 0.163 e. The van der Waals surface area contributed by atoms with Crippen molar-refractivity contribution in [3.05, 3.63) is 76.9 Å². The largest absolute Gasteiger partial charge is 0.294 e. The van der Waals surface area contributed by atoms with Crippen LogP contribution in [0.1, 0.15) is 16.7 Å². The Morgan fingerprint density at radius 1 is 0.778 bits per heavy atom. The maximum Gasteiger partial charge on any atom is 0.163 e. The van der Waals surface area contributed by atoms with Crippen LogP contribution in [0.5, 0.6) is 0 Å². The van der Waals surface area contributed by atoms with Crippen LogP contribution < -0.4 is 0 Å². The minimum Gasteiger partial charge on any atom is -0.294 e. The number of carbonyl (C=O) groups excluding carboxylic acids is 1.